The number of carbonyl (C=O) groups excluding carboxylic acids is 2. The average Bonchev–Trinajstić information content (AvgIpc) is 3.42. The molecule has 8 nitrogen and oxygen atoms in total. The van der Waals surface area contributed by atoms with E-state index in [0.717, 1.165) is 28.7 Å². The summed E-state index contributed by atoms with van der Waals surface area (Å²) in [4.78, 5) is 37.8. The minimum atomic E-state index is -0.912. The molecule has 0 spiro atoms. The van der Waals surface area contributed by atoms with Crippen LogP contribution in [-0.4, -0.2) is 66.9 Å². The second-order valence-corrected chi connectivity index (χ2v) is 8.75. The molecule has 0 radical (unpaired) electrons. The van der Waals surface area contributed by atoms with Gasteiger partial charge in [0.25, 0.3) is 0 Å². The van der Waals surface area contributed by atoms with Gasteiger partial charge in [-0.15, -0.1) is 0 Å². The standard InChI is InChI=1S/C26H30N2O6/c1-33-18(14-24(29)28-12-6-7-17(28)13-25(30)31)15-27-26(32)34-16-23-21-10-4-2-8-19(21)20-9-3-5-11-22(20)23/h2-5,8-11,17-18,23H,6-7,12-16H2,1H3,(H,27,32)(H,30,31)/t17-,18?/m0/s1. The van der Waals surface area contributed by atoms with Gasteiger partial charge in [0.1, 0.15) is 6.61 Å². The highest BCUT2D eigenvalue weighted by Gasteiger charge is 2.32. The maximum absolute atomic E-state index is 12.7. The van der Waals surface area contributed by atoms with Gasteiger partial charge in [0, 0.05) is 32.2 Å². The lowest BCUT2D eigenvalue weighted by Crippen LogP contribution is -2.41. The topological polar surface area (TPSA) is 105 Å². The van der Waals surface area contributed by atoms with Crippen LogP contribution >= 0.6 is 0 Å². The number of rotatable bonds is 9. The Bertz CT molecular complexity index is 1010. The number of amides is 2. The second kappa shape index (κ2) is 10.7. The Hall–Kier alpha value is -3.39. The quantitative estimate of drug-likeness (QED) is 0.587. The van der Waals surface area contributed by atoms with Gasteiger partial charge >= 0.3 is 12.1 Å². The summed E-state index contributed by atoms with van der Waals surface area (Å²) in [5, 5.41) is 11.8. The fraction of sp³-hybridized carbons (Fsp3) is 0.423. The van der Waals surface area contributed by atoms with Crippen molar-refractivity contribution in [3.8, 4) is 11.1 Å². The SMILES string of the molecule is COC(CNC(=O)OCC1c2ccccc2-c2ccccc21)CC(=O)N1CCC[C@H]1CC(=O)O. The molecule has 2 atom stereocenters. The first kappa shape index (κ1) is 23.8. The van der Waals surface area contributed by atoms with Crippen molar-refractivity contribution in [3.63, 3.8) is 0 Å². The van der Waals surface area contributed by atoms with Crippen LogP contribution in [0.4, 0.5) is 4.79 Å². The average molecular weight is 467 g/mol. The molecular formula is C26H30N2O6. The summed E-state index contributed by atoms with van der Waals surface area (Å²) in [6, 6.07) is 16.0. The number of carbonyl (C=O) groups is 3. The molecule has 2 aliphatic rings. The first-order valence-corrected chi connectivity index (χ1v) is 11.6. The number of nitrogens with zero attached hydrogens (tertiary/aromatic N) is 1. The van der Waals surface area contributed by atoms with Crippen molar-refractivity contribution >= 4 is 18.0 Å². The lowest BCUT2D eigenvalue weighted by molar-refractivity contribution is -0.140. The van der Waals surface area contributed by atoms with E-state index in [2.05, 4.69) is 29.6 Å². The van der Waals surface area contributed by atoms with E-state index in [4.69, 9.17) is 14.6 Å². The molecule has 0 bridgehead atoms. The highest BCUT2D eigenvalue weighted by atomic mass is 16.5. The molecule has 2 aromatic rings. The van der Waals surface area contributed by atoms with Crippen LogP contribution in [0.25, 0.3) is 11.1 Å². The van der Waals surface area contributed by atoms with E-state index in [1.165, 1.54) is 7.11 Å². The molecule has 1 aliphatic heterocycles. The first-order chi connectivity index (χ1) is 16.5. The normalized spacial score (nSPS) is 17.7. The number of aliphatic carboxylic acids is 1. The smallest absolute Gasteiger partial charge is 0.407 e. The predicted molar refractivity (Wildman–Crippen MR) is 125 cm³/mol. The van der Waals surface area contributed by atoms with Gasteiger partial charge in [0.15, 0.2) is 0 Å². The number of alkyl carbamates (subject to hydrolysis) is 1. The third-order valence-corrected chi connectivity index (χ3v) is 6.66. The highest BCUT2D eigenvalue weighted by molar-refractivity contribution is 5.80. The van der Waals surface area contributed by atoms with E-state index >= 15 is 0 Å². The van der Waals surface area contributed by atoms with Crippen molar-refractivity contribution in [3.05, 3.63) is 59.7 Å². The molecule has 1 aliphatic carbocycles. The number of methoxy groups -OCH3 is 1. The maximum atomic E-state index is 12.7. The molecule has 1 fully saturated rings. The van der Waals surface area contributed by atoms with Gasteiger partial charge in [-0.3, -0.25) is 9.59 Å². The molecule has 2 aromatic carbocycles. The number of hydrogen-bond donors (Lipinski definition) is 2. The Balaban J connectivity index is 1.28. The molecule has 8 heteroatoms. The predicted octanol–water partition coefficient (Wildman–Crippen LogP) is 3.40. The summed E-state index contributed by atoms with van der Waals surface area (Å²) in [7, 11) is 1.48. The summed E-state index contributed by atoms with van der Waals surface area (Å²) in [6.45, 7) is 0.879. The van der Waals surface area contributed by atoms with E-state index in [-0.39, 0.29) is 43.9 Å². The summed E-state index contributed by atoms with van der Waals surface area (Å²) in [5.41, 5.74) is 4.60. The number of fused-ring (bicyclic) bond motifs is 3. The molecule has 0 saturated carbocycles. The fourth-order valence-electron chi connectivity index (χ4n) is 4.98. The number of carboxylic acids is 1. The molecule has 4 rings (SSSR count). The van der Waals surface area contributed by atoms with Crippen LogP contribution in [0.5, 0.6) is 0 Å². The lowest BCUT2D eigenvalue weighted by atomic mass is 9.98. The van der Waals surface area contributed by atoms with Crippen molar-refractivity contribution in [1.29, 1.82) is 0 Å². The number of carboxylic acid groups (broad SMARTS) is 1. The van der Waals surface area contributed by atoms with Gasteiger partial charge < -0.3 is 24.8 Å². The highest BCUT2D eigenvalue weighted by Crippen LogP contribution is 2.44. The minimum Gasteiger partial charge on any atom is -0.481 e. The van der Waals surface area contributed by atoms with E-state index in [0.29, 0.717) is 13.0 Å². The zero-order chi connectivity index (χ0) is 24.1. The molecular weight excluding hydrogens is 436 g/mol. The van der Waals surface area contributed by atoms with Crippen LogP contribution in [0.2, 0.25) is 0 Å². The number of benzene rings is 2. The van der Waals surface area contributed by atoms with Crippen LogP contribution in [0.1, 0.15) is 42.7 Å². The summed E-state index contributed by atoms with van der Waals surface area (Å²) in [6.07, 6.45) is 0.394. The zero-order valence-corrected chi connectivity index (χ0v) is 19.2. The van der Waals surface area contributed by atoms with Crippen molar-refractivity contribution in [2.24, 2.45) is 0 Å². The third kappa shape index (κ3) is 5.22. The van der Waals surface area contributed by atoms with Gasteiger partial charge in [-0.1, -0.05) is 48.5 Å². The van der Waals surface area contributed by atoms with Crippen LogP contribution in [0.3, 0.4) is 0 Å². The Morgan fingerprint density at radius 3 is 2.35 bits per heavy atom. The Morgan fingerprint density at radius 1 is 1.09 bits per heavy atom. The fourth-order valence-corrected chi connectivity index (χ4v) is 4.98. The van der Waals surface area contributed by atoms with E-state index in [1.54, 1.807) is 4.90 Å². The second-order valence-electron chi connectivity index (χ2n) is 8.75. The van der Waals surface area contributed by atoms with Gasteiger partial charge in [0.05, 0.1) is 18.9 Å². The Kier molecular flexibility index (Phi) is 7.47. The molecule has 1 saturated heterocycles. The molecule has 34 heavy (non-hydrogen) atoms. The summed E-state index contributed by atoms with van der Waals surface area (Å²) < 4.78 is 10.9. The molecule has 180 valence electrons. The van der Waals surface area contributed by atoms with Crippen LogP contribution in [0, 0.1) is 0 Å². The van der Waals surface area contributed by atoms with E-state index in [1.807, 2.05) is 24.3 Å². The minimum absolute atomic E-state index is 0.0284. The third-order valence-electron chi connectivity index (χ3n) is 6.66. The lowest BCUT2D eigenvalue weighted by Gasteiger charge is -2.25. The molecule has 2 amide bonds. The monoisotopic (exact) mass is 466 g/mol. The zero-order valence-electron chi connectivity index (χ0n) is 19.2. The van der Waals surface area contributed by atoms with Crippen LogP contribution in [-0.2, 0) is 19.1 Å². The first-order valence-electron chi connectivity index (χ1n) is 11.6. The van der Waals surface area contributed by atoms with Crippen molar-refractivity contribution in [2.45, 2.75) is 43.7 Å². The van der Waals surface area contributed by atoms with Gasteiger partial charge in [-0.2, -0.15) is 0 Å². The summed E-state index contributed by atoms with van der Waals surface area (Å²) in [5.74, 6) is -1.10. The van der Waals surface area contributed by atoms with E-state index < -0.39 is 18.2 Å². The number of nitrogens with one attached hydrogen (secondary N) is 1. The maximum Gasteiger partial charge on any atom is 0.407 e. The van der Waals surface area contributed by atoms with Crippen LogP contribution < -0.4 is 5.32 Å². The molecule has 2 N–H and O–H groups in total. The number of likely N-dealkylation sites (tertiary alicyclic amines) is 1. The van der Waals surface area contributed by atoms with Crippen molar-refractivity contribution in [1.82, 2.24) is 10.2 Å². The Morgan fingerprint density at radius 2 is 1.74 bits per heavy atom. The van der Waals surface area contributed by atoms with Crippen molar-refractivity contribution in [2.75, 3.05) is 26.8 Å². The molecule has 1 heterocycles. The Labute approximate surface area is 198 Å². The van der Waals surface area contributed by atoms with Crippen molar-refractivity contribution < 1.29 is 29.0 Å². The molecule has 1 unspecified atom stereocenters. The van der Waals surface area contributed by atoms with E-state index in [9.17, 15) is 14.4 Å². The molecule has 0 aromatic heterocycles. The summed E-state index contributed by atoms with van der Waals surface area (Å²) >= 11 is 0. The van der Waals surface area contributed by atoms with Crippen LogP contribution in [0.15, 0.2) is 48.5 Å². The van der Waals surface area contributed by atoms with Gasteiger partial charge in [0.2, 0.25) is 5.91 Å². The number of hydrogen-bond acceptors (Lipinski definition) is 5. The van der Waals surface area contributed by atoms with Gasteiger partial charge in [-0.25, -0.2) is 4.79 Å². The largest absolute Gasteiger partial charge is 0.481 e. The van der Waals surface area contributed by atoms with Gasteiger partial charge in [-0.05, 0) is 35.1 Å². The number of ether oxygens (including phenoxy) is 2.